The maximum Gasteiger partial charge on any atom is 0.323 e. The van der Waals surface area contributed by atoms with Crippen LogP contribution in [0.1, 0.15) is 31.7 Å². The number of likely N-dealkylation sites (tertiary alicyclic amines) is 1. The van der Waals surface area contributed by atoms with E-state index in [0.717, 1.165) is 24.9 Å². The highest BCUT2D eigenvalue weighted by molar-refractivity contribution is 5.78. The summed E-state index contributed by atoms with van der Waals surface area (Å²) in [7, 11) is 0. The van der Waals surface area contributed by atoms with Gasteiger partial charge in [-0.2, -0.15) is 5.10 Å². The van der Waals surface area contributed by atoms with Gasteiger partial charge in [-0.15, -0.1) is 0 Å². The lowest BCUT2D eigenvalue weighted by molar-refractivity contribution is -0.153. The molecule has 1 unspecified atom stereocenters. The molecule has 2 heterocycles. The first-order valence-corrected chi connectivity index (χ1v) is 6.67. The van der Waals surface area contributed by atoms with Crippen molar-refractivity contribution >= 4 is 5.97 Å². The lowest BCUT2D eigenvalue weighted by atomic mass is 9.88. The number of aliphatic hydroxyl groups is 1. The average Bonchev–Trinajstić information content (AvgIpc) is 2.80. The van der Waals surface area contributed by atoms with Crippen LogP contribution in [0.25, 0.3) is 0 Å². The fourth-order valence-corrected chi connectivity index (χ4v) is 2.61. The van der Waals surface area contributed by atoms with E-state index in [1.165, 1.54) is 0 Å². The molecule has 106 valence electrons. The highest BCUT2D eigenvalue weighted by Gasteiger charge is 2.41. The molecule has 2 N–H and O–H groups in total. The van der Waals surface area contributed by atoms with Crippen molar-refractivity contribution in [2.24, 2.45) is 0 Å². The Morgan fingerprint density at radius 2 is 2.32 bits per heavy atom. The topological polar surface area (TPSA) is 78.6 Å². The predicted molar refractivity (Wildman–Crippen MR) is 69.6 cm³/mol. The maximum atomic E-state index is 11.5. The number of hydrogen-bond acceptors (Lipinski definition) is 4. The number of nitrogens with zero attached hydrogens (tertiary/aromatic N) is 3. The van der Waals surface area contributed by atoms with Crippen molar-refractivity contribution in [2.45, 2.75) is 44.8 Å². The molecule has 1 aromatic rings. The van der Waals surface area contributed by atoms with Gasteiger partial charge in [-0.25, -0.2) is 0 Å². The van der Waals surface area contributed by atoms with E-state index in [1.807, 2.05) is 11.1 Å². The predicted octanol–water partition coefficient (Wildman–Crippen LogP) is 0.705. The van der Waals surface area contributed by atoms with Crippen molar-refractivity contribution in [3.63, 3.8) is 0 Å². The zero-order chi connectivity index (χ0) is 13.9. The van der Waals surface area contributed by atoms with Gasteiger partial charge >= 0.3 is 5.97 Å². The van der Waals surface area contributed by atoms with E-state index in [-0.39, 0.29) is 6.61 Å². The van der Waals surface area contributed by atoms with Crippen LogP contribution in [0.15, 0.2) is 12.4 Å². The first-order chi connectivity index (χ1) is 9.06. The van der Waals surface area contributed by atoms with Crippen molar-refractivity contribution in [1.82, 2.24) is 14.7 Å². The number of hydrogen-bond donors (Lipinski definition) is 2. The Morgan fingerprint density at radius 1 is 1.53 bits per heavy atom. The Labute approximate surface area is 112 Å². The lowest BCUT2D eigenvalue weighted by Gasteiger charge is -2.41. The lowest BCUT2D eigenvalue weighted by Crippen LogP contribution is -2.54. The van der Waals surface area contributed by atoms with Crippen molar-refractivity contribution in [1.29, 1.82) is 0 Å². The minimum atomic E-state index is -0.780. The minimum Gasteiger partial charge on any atom is -0.480 e. The van der Waals surface area contributed by atoms with Crippen LogP contribution in [0, 0.1) is 0 Å². The number of carbonyl (C=O) groups is 1. The van der Waals surface area contributed by atoms with Crippen LogP contribution >= 0.6 is 0 Å². The van der Waals surface area contributed by atoms with Gasteiger partial charge in [-0.05, 0) is 32.7 Å². The quantitative estimate of drug-likeness (QED) is 0.821. The molecule has 1 aliphatic rings. The van der Waals surface area contributed by atoms with E-state index < -0.39 is 11.5 Å². The second-order valence-corrected chi connectivity index (χ2v) is 5.29. The second kappa shape index (κ2) is 5.71. The van der Waals surface area contributed by atoms with Gasteiger partial charge in [-0.1, -0.05) is 0 Å². The normalized spacial score (nSPS) is 24.5. The van der Waals surface area contributed by atoms with Crippen molar-refractivity contribution in [3.8, 4) is 0 Å². The fraction of sp³-hybridized carbons (Fsp3) is 0.692. The summed E-state index contributed by atoms with van der Waals surface area (Å²) in [5.41, 5.74) is 0.208. The molecule has 1 aromatic heterocycles. The standard InChI is InChI=1S/C13H21N3O3/c1-13(12(18)19)4-2-3-5-15(13)9-11-8-14-16(10-11)6-7-17/h8,10,17H,2-7,9H2,1H3,(H,18,19). The number of aliphatic carboxylic acids is 1. The van der Waals surface area contributed by atoms with Crippen molar-refractivity contribution in [3.05, 3.63) is 18.0 Å². The fourth-order valence-electron chi connectivity index (χ4n) is 2.61. The summed E-state index contributed by atoms with van der Waals surface area (Å²) in [5.74, 6) is -0.755. The summed E-state index contributed by atoms with van der Waals surface area (Å²) >= 11 is 0. The van der Waals surface area contributed by atoms with Crippen LogP contribution in [0.2, 0.25) is 0 Å². The maximum absolute atomic E-state index is 11.5. The van der Waals surface area contributed by atoms with Gasteiger partial charge in [-0.3, -0.25) is 14.4 Å². The first kappa shape index (κ1) is 14.0. The smallest absolute Gasteiger partial charge is 0.323 e. The van der Waals surface area contributed by atoms with E-state index >= 15 is 0 Å². The third kappa shape index (κ3) is 2.96. The van der Waals surface area contributed by atoms with Gasteiger partial charge in [0, 0.05) is 18.3 Å². The molecule has 0 spiro atoms. The Kier molecular flexibility index (Phi) is 4.21. The Morgan fingerprint density at radius 3 is 3.00 bits per heavy atom. The van der Waals surface area contributed by atoms with Crippen LogP contribution in [0.4, 0.5) is 0 Å². The summed E-state index contributed by atoms with van der Waals surface area (Å²) in [6.07, 6.45) is 6.30. The Balaban J connectivity index is 2.08. The highest BCUT2D eigenvalue weighted by Crippen LogP contribution is 2.29. The Hall–Kier alpha value is -1.40. The number of carboxylic acid groups (broad SMARTS) is 1. The van der Waals surface area contributed by atoms with Crippen LogP contribution in [0.5, 0.6) is 0 Å². The number of rotatable bonds is 5. The van der Waals surface area contributed by atoms with E-state index in [0.29, 0.717) is 19.5 Å². The molecule has 0 radical (unpaired) electrons. The summed E-state index contributed by atoms with van der Waals surface area (Å²) in [6, 6.07) is 0. The molecule has 1 atom stereocenters. The first-order valence-electron chi connectivity index (χ1n) is 6.67. The van der Waals surface area contributed by atoms with Gasteiger partial charge in [0.05, 0.1) is 19.3 Å². The monoisotopic (exact) mass is 267 g/mol. The zero-order valence-corrected chi connectivity index (χ0v) is 11.2. The molecular weight excluding hydrogens is 246 g/mol. The summed E-state index contributed by atoms with van der Waals surface area (Å²) in [5, 5.41) is 22.4. The second-order valence-electron chi connectivity index (χ2n) is 5.29. The van der Waals surface area contributed by atoms with E-state index in [2.05, 4.69) is 5.10 Å². The molecule has 1 aliphatic heterocycles. The van der Waals surface area contributed by atoms with Gasteiger partial charge < -0.3 is 10.2 Å². The van der Waals surface area contributed by atoms with Gasteiger partial charge in [0.2, 0.25) is 0 Å². The molecule has 1 fully saturated rings. The zero-order valence-electron chi connectivity index (χ0n) is 11.2. The number of piperidine rings is 1. The van der Waals surface area contributed by atoms with Crippen molar-refractivity contribution in [2.75, 3.05) is 13.2 Å². The van der Waals surface area contributed by atoms with Crippen LogP contribution in [-0.2, 0) is 17.9 Å². The van der Waals surface area contributed by atoms with Crippen LogP contribution < -0.4 is 0 Å². The molecule has 0 aliphatic carbocycles. The molecule has 2 rings (SSSR count). The molecule has 6 heteroatoms. The molecule has 0 bridgehead atoms. The van der Waals surface area contributed by atoms with Gasteiger partial charge in [0.15, 0.2) is 0 Å². The van der Waals surface area contributed by atoms with Gasteiger partial charge in [0.25, 0.3) is 0 Å². The SMILES string of the molecule is CC1(C(=O)O)CCCCN1Cc1cnn(CCO)c1. The summed E-state index contributed by atoms with van der Waals surface area (Å²) < 4.78 is 1.68. The van der Waals surface area contributed by atoms with E-state index in [4.69, 9.17) is 5.11 Å². The van der Waals surface area contributed by atoms with Gasteiger partial charge in [0.1, 0.15) is 5.54 Å². The third-order valence-corrected chi connectivity index (χ3v) is 3.89. The number of aliphatic hydroxyl groups excluding tert-OH is 1. The molecule has 1 saturated heterocycles. The number of carboxylic acids is 1. The molecule has 0 amide bonds. The molecule has 6 nitrogen and oxygen atoms in total. The summed E-state index contributed by atoms with van der Waals surface area (Å²) in [6.45, 7) is 3.71. The molecular formula is C13H21N3O3. The molecule has 19 heavy (non-hydrogen) atoms. The number of aromatic nitrogens is 2. The molecule has 0 saturated carbocycles. The summed E-state index contributed by atoms with van der Waals surface area (Å²) in [4.78, 5) is 13.5. The largest absolute Gasteiger partial charge is 0.480 e. The average molecular weight is 267 g/mol. The highest BCUT2D eigenvalue weighted by atomic mass is 16.4. The van der Waals surface area contributed by atoms with Crippen LogP contribution in [-0.4, -0.2) is 49.6 Å². The van der Waals surface area contributed by atoms with Crippen molar-refractivity contribution < 1.29 is 15.0 Å². The van der Waals surface area contributed by atoms with E-state index in [1.54, 1.807) is 17.8 Å². The molecule has 0 aromatic carbocycles. The minimum absolute atomic E-state index is 0.0532. The van der Waals surface area contributed by atoms with Crippen LogP contribution in [0.3, 0.4) is 0 Å². The van der Waals surface area contributed by atoms with E-state index in [9.17, 15) is 9.90 Å². The Bertz CT molecular complexity index is 446. The third-order valence-electron chi connectivity index (χ3n) is 3.89.